The van der Waals surface area contributed by atoms with E-state index in [4.69, 9.17) is 11.6 Å². The molecule has 6 nitrogen and oxygen atoms in total. The van der Waals surface area contributed by atoms with Gasteiger partial charge in [0.05, 0.1) is 7.11 Å². The Hall–Kier alpha value is -2.90. The predicted molar refractivity (Wildman–Crippen MR) is 114 cm³/mol. The molecule has 0 aliphatic rings. The summed E-state index contributed by atoms with van der Waals surface area (Å²) in [5.41, 5.74) is 1.91. The number of rotatable bonds is 7. The molecule has 0 radical (unpaired) electrons. The minimum Gasteiger partial charge on any atom is -0.453 e. The highest BCUT2D eigenvalue weighted by Gasteiger charge is 2.22. The van der Waals surface area contributed by atoms with Gasteiger partial charge in [-0.2, -0.15) is 0 Å². The number of thiazole rings is 1. The van der Waals surface area contributed by atoms with Gasteiger partial charge in [0.1, 0.15) is 6.04 Å². The summed E-state index contributed by atoms with van der Waals surface area (Å²) in [6, 6.07) is 16.2. The number of carbonyl (C=O) groups excluding carboxylic acids is 2. The summed E-state index contributed by atoms with van der Waals surface area (Å²) in [7, 11) is 1.26. The molecule has 8 heteroatoms. The molecule has 0 spiro atoms. The Labute approximate surface area is 177 Å². The van der Waals surface area contributed by atoms with E-state index in [-0.39, 0.29) is 5.91 Å². The molecule has 2 amide bonds. The number of hydrogen-bond donors (Lipinski definition) is 2. The van der Waals surface area contributed by atoms with Crippen LogP contribution in [0.5, 0.6) is 0 Å². The third-order valence-electron chi connectivity index (χ3n) is 4.18. The van der Waals surface area contributed by atoms with Crippen LogP contribution >= 0.6 is 22.9 Å². The topological polar surface area (TPSA) is 80.3 Å². The van der Waals surface area contributed by atoms with E-state index in [2.05, 4.69) is 20.4 Å². The lowest BCUT2D eigenvalue weighted by Crippen LogP contribution is -2.45. The lowest BCUT2D eigenvalue weighted by atomic mass is 10.1. The highest BCUT2D eigenvalue weighted by molar-refractivity contribution is 7.15. The van der Waals surface area contributed by atoms with Crippen molar-refractivity contribution in [2.45, 2.75) is 18.9 Å². The van der Waals surface area contributed by atoms with Crippen LogP contribution in [0.3, 0.4) is 0 Å². The summed E-state index contributed by atoms with van der Waals surface area (Å²) in [5.74, 6) is -0.363. The van der Waals surface area contributed by atoms with Crippen LogP contribution in [0.25, 0.3) is 0 Å². The average molecular weight is 430 g/mol. The smallest absolute Gasteiger partial charge is 0.407 e. The second-order valence-corrected chi connectivity index (χ2v) is 7.79. The fourth-order valence-electron chi connectivity index (χ4n) is 2.73. The van der Waals surface area contributed by atoms with Crippen LogP contribution in [0.15, 0.2) is 60.8 Å². The molecule has 29 heavy (non-hydrogen) atoms. The van der Waals surface area contributed by atoms with E-state index in [0.717, 1.165) is 16.0 Å². The zero-order chi connectivity index (χ0) is 20.6. The van der Waals surface area contributed by atoms with Gasteiger partial charge in [0, 0.05) is 28.9 Å². The number of benzene rings is 2. The molecule has 1 aromatic heterocycles. The molecule has 1 atom stereocenters. The van der Waals surface area contributed by atoms with Crippen molar-refractivity contribution in [2.24, 2.45) is 0 Å². The third-order valence-corrected chi connectivity index (χ3v) is 5.46. The first-order valence-electron chi connectivity index (χ1n) is 8.92. The lowest BCUT2D eigenvalue weighted by Gasteiger charge is -2.17. The first kappa shape index (κ1) is 20.8. The highest BCUT2D eigenvalue weighted by Crippen LogP contribution is 2.24. The Morgan fingerprint density at radius 2 is 1.86 bits per heavy atom. The first-order valence-corrected chi connectivity index (χ1v) is 10.1. The second kappa shape index (κ2) is 10.0. The summed E-state index contributed by atoms with van der Waals surface area (Å²) in [6.45, 7) is 0. The molecule has 3 rings (SSSR count). The van der Waals surface area contributed by atoms with Gasteiger partial charge < -0.3 is 15.4 Å². The zero-order valence-electron chi connectivity index (χ0n) is 15.7. The van der Waals surface area contributed by atoms with Crippen molar-refractivity contribution >= 4 is 40.1 Å². The molecule has 3 aromatic rings. The average Bonchev–Trinajstić information content (AvgIpc) is 3.16. The largest absolute Gasteiger partial charge is 0.453 e. The predicted octanol–water partition coefficient (Wildman–Crippen LogP) is 4.29. The van der Waals surface area contributed by atoms with Crippen LogP contribution in [0.4, 0.5) is 9.93 Å². The van der Waals surface area contributed by atoms with E-state index in [0.29, 0.717) is 23.0 Å². The number of aromatic nitrogens is 1. The maximum absolute atomic E-state index is 12.8. The van der Waals surface area contributed by atoms with E-state index in [1.807, 2.05) is 54.6 Å². The molecular formula is C21H20ClN3O3S. The SMILES string of the molecule is COC(=O)NC(Cc1ccccc1)C(=O)Nc1ncc(Cc2ccccc2Cl)s1. The van der Waals surface area contributed by atoms with Crippen molar-refractivity contribution in [2.75, 3.05) is 12.4 Å². The van der Waals surface area contributed by atoms with E-state index in [1.165, 1.54) is 18.4 Å². The van der Waals surface area contributed by atoms with Crippen molar-refractivity contribution in [3.63, 3.8) is 0 Å². The van der Waals surface area contributed by atoms with Crippen molar-refractivity contribution in [3.8, 4) is 0 Å². The molecule has 2 N–H and O–H groups in total. The van der Waals surface area contributed by atoms with Gasteiger partial charge in [0.2, 0.25) is 5.91 Å². The highest BCUT2D eigenvalue weighted by atomic mass is 35.5. The number of amides is 2. The normalized spacial score (nSPS) is 11.5. The first-order chi connectivity index (χ1) is 14.0. The molecule has 0 saturated carbocycles. The molecule has 0 fully saturated rings. The summed E-state index contributed by atoms with van der Waals surface area (Å²) in [6.07, 6.45) is 2.00. The summed E-state index contributed by atoms with van der Waals surface area (Å²) >= 11 is 7.58. The third kappa shape index (κ3) is 6.04. The van der Waals surface area contributed by atoms with E-state index in [9.17, 15) is 9.59 Å². The Kier molecular flexibility index (Phi) is 7.21. The lowest BCUT2D eigenvalue weighted by molar-refractivity contribution is -0.118. The molecule has 150 valence electrons. The Bertz CT molecular complexity index is 978. The van der Waals surface area contributed by atoms with Gasteiger partial charge >= 0.3 is 6.09 Å². The Morgan fingerprint density at radius 1 is 1.14 bits per heavy atom. The summed E-state index contributed by atoms with van der Waals surface area (Å²) in [5, 5.41) is 6.50. The van der Waals surface area contributed by atoms with Crippen molar-refractivity contribution in [1.29, 1.82) is 0 Å². The number of ether oxygens (including phenoxy) is 1. The Morgan fingerprint density at radius 3 is 2.59 bits per heavy atom. The number of halogens is 1. The summed E-state index contributed by atoms with van der Waals surface area (Å²) < 4.78 is 4.64. The molecule has 0 aliphatic heterocycles. The molecular weight excluding hydrogens is 410 g/mol. The van der Waals surface area contributed by atoms with E-state index >= 15 is 0 Å². The summed E-state index contributed by atoms with van der Waals surface area (Å²) in [4.78, 5) is 29.7. The van der Waals surface area contributed by atoms with Crippen molar-refractivity contribution < 1.29 is 14.3 Å². The van der Waals surface area contributed by atoms with Gasteiger partial charge in [-0.15, -0.1) is 11.3 Å². The number of methoxy groups -OCH3 is 1. The number of hydrogen-bond acceptors (Lipinski definition) is 5. The van der Waals surface area contributed by atoms with Crippen molar-refractivity contribution in [3.05, 3.63) is 81.8 Å². The van der Waals surface area contributed by atoms with Crippen LogP contribution in [-0.4, -0.2) is 30.1 Å². The van der Waals surface area contributed by atoms with Crippen LogP contribution in [0.2, 0.25) is 5.02 Å². The molecule has 0 saturated heterocycles. The fraction of sp³-hybridized carbons (Fsp3) is 0.190. The van der Waals surface area contributed by atoms with Gasteiger partial charge in [0.15, 0.2) is 5.13 Å². The number of anilines is 1. The van der Waals surface area contributed by atoms with E-state index in [1.54, 1.807) is 6.20 Å². The molecule has 1 unspecified atom stereocenters. The molecule has 1 heterocycles. The Balaban J connectivity index is 1.68. The number of alkyl carbamates (subject to hydrolysis) is 1. The van der Waals surface area contributed by atoms with E-state index < -0.39 is 12.1 Å². The van der Waals surface area contributed by atoms with Gasteiger partial charge in [-0.1, -0.05) is 60.1 Å². The molecule has 2 aromatic carbocycles. The maximum atomic E-state index is 12.8. The minimum atomic E-state index is -0.791. The van der Waals surface area contributed by atoms with Gasteiger partial charge in [-0.25, -0.2) is 9.78 Å². The fourth-order valence-corrected chi connectivity index (χ4v) is 3.77. The quantitative estimate of drug-likeness (QED) is 0.587. The molecule has 0 aliphatic carbocycles. The maximum Gasteiger partial charge on any atom is 0.407 e. The minimum absolute atomic E-state index is 0.333. The molecule has 0 bridgehead atoms. The van der Waals surface area contributed by atoms with Gasteiger partial charge in [-0.3, -0.25) is 4.79 Å². The van der Waals surface area contributed by atoms with Crippen LogP contribution in [0, 0.1) is 0 Å². The number of nitrogens with one attached hydrogen (secondary N) is 2. The van der Waals surface area contributed by atoms with Gasteiger partial charge in [-0.05, 0) is 17.2 Å². The van der Waals surface area contributed by atoms with Gasteiger partial charge in [0.25, 0.3) is 0 Å². The number of nitrogens with zero attached hydrogens (tertiary/aromatic N) is 1. The number of carbonyl (C=O) groups is 2. The standard InChI is InChI=1S/C21H20ClN3O3S/c1-28-21(27)24-18(11-14-7-3-2-4-8-14)19(26)25-20-23-13-16(29-20)12-15-9-5-6-10-17(15)22/h2-10,13,18H,11-12H2,1H3,(H,24,27)(H,23,25,26). The van der Waals surface area contributed by atoms with Crippen LogP contribution in [-0.2, 0) is 22.4 Å². The second-order valence-electron chi connectivity index (χ2n) is 6.27. The monoisotopic (exact) mass is 429 g/mol. The van der Waals surface area contributed by atoms with Crippen LogP contribution in [0.1, 0.15) is 16.0 Å². The zero-order valence-corrected chi connectivity index (χ0v) is 17.3. The van der Waals surface area contributed by atoms with Crippen LogP contribution < -0.4 is 10.6 Å². The van der Waals surface area contributed by atoms with Crippen molar-refractivity contribution in [1.82, 2.24) is 10.3 Å².